The van der Waals surface area contributed by atoms with Gasteiger partial charge in [-0.25, -0.2) is 9.38 Å². The quantitative estimate of drug-likeness (QED) is 0.437. The third-order valence-corrected chi connectivity index (χ3v) is 3.07. The van der Waals surface area contributed by atoms with Gasteiger partial charge in [-0.1, -0.05) is 13.0 Å². The van der Waals surface area contributed by atoms with Gasteiger partial charge < -0.3 is 11.1 Å². The minimum Gasteiger partial charge on any atom is -0.370 e. The number of nitrogens with one attached hydrogen (secondary N) is 1. The number of benzene rings is 1. The molecule has 3 N–H and O–H groups in total. The zero-order chi connectivity index (χ0) is 12.8. The lowest BCUT2D eigenvalue weighted by atomic mass is 10.2. The molecule has 102 valence electrons. The van der Waals surface area contributed by atoms with Crippen molar-refractivity contribution in [3.63, 3.8) is 0 Å². The second-order valence-corrected chi connectivity index (χ2v) is 4.76. The molecule has 0 bridgehead atoms. The second-order valence-electron chi connectivity index (χ2n) is 3.90. The van der Waals surface area contributed by atoms with Crippen molar-refractivity contribution in [1.29, 1.82) is 0 Å². The van der Waals surface area contributed by atoms with Crippen molar-refractivity contribution in [2.45, 2.75) is 32.9 Å². The van der Waals surface area contributed by atoms with E-state index in [-0.39, 0.29) is 29.8 Å². The molecule has 6 heteroatoms. The highest BCUT2D eigenvalue weighted by molar-refractivity contribution is 14.0. The van der Waals surface area contributed by atoms with Crippen LogP contribution in [0.4, 0.5) is 4.39 Å². The molecule has 18 heavy (non-hydrogen) atoms. The summed E-state index contributed by atoms with van der Waals surface area (Å²) in [4.78, 5) is 4.15. The molecule has 1 atom stereocenters. The van der Waals surface area contributed by atoms with E-state index in [0.29, 0.717) is 23.0 Å². The maximum absolute atomic E-state index is 13.2. The fourth-order valence-electron chi connectivity index (χ4n) is 1.21. The van der Waals surface area contributed by atoms with Crippen LogP contribution in [0, 0.1) is 5.82 Å². The highest BCUT2D eigenvalue weighted by Gasteiger charge is 2.01. The van der Waals surface area contributed by atoms with E-state index in [4.69, 9.17) is 5.73 Å². The van der Waals surface area contributed by atoms with Gasteiger partial charge in [0.1, 0.15) is 5.82 Å². The molecule has 0 aliphatic heterocycles. The average molecular weight is 430 g/mol. The maximum atomic E-state index is 13.2. The van der Waals surface area contributed by atoms with Crippen LogP contribution in [-0.2, 0) is 6.54 Å². The van der Waals surface area contributed by atoms with Crippen LogP contribution in [0.5, 0.6) is 0 Å². The lowest BCUT2D eigenvalue weighted by molar-refractivity contribution is 0.618. The Morgan fingerprint density at radius 3 is 2.78 bits per heavy atom. The van der Waals surface area contributed by atoms with Crippen LogP contribution < -0.4 is 11.1 Å². The average Bonchev–Trinajstić information content (AvgIpc) is 2.30. The Morgan fingerprint density at radius 1 is 1.56 bits per heavy atom. The third kappa shape index (κ3) is 5.99. The van der Waals surface area contributed by atoms with Gasteiger partial charge in [0, 0.05) is 6.04 Å². The molecule has 1 unspecified atom stereocenters. The van der Waals surface area contributed by atoms with Crippen molar-refractivity contribution in [1.82, 2.24) is 5.32 Å². The Kier molecular flexibility index (Phi) is 8.51. The molecule has 0 fully saturated rings. The normalized spacial score (nSPS) is 12.8. The lowest BCUT2D eigenvalue weighted by Crippen LogP contribution is -2.38. The number of halogens is 3. The summed E-state index contributed by atoms with van der Waals surface area (Å²) in [5, 5.41) is 3.05. The third-order valence-electron chi connectivity index (χ3n) is 2.42. The zero-order valence-electron chi connectivity index (χ0n) is 10.4. The Hall–Kier alpha value is -0.370. The topological polar surface area (TPSA) is 50.4 Å². The van der Waals surface area contributed by atoms with E-state index in [1.807, 2.05) is 13.0 Å². The SMILES string of the molecule is CCC(C)NC(N)=NCc1ccc(Br)c(F)c1.I. The minimum absolute atomic E-state index is 0. The summed E-state index contributed by atoms with van der Waals surface area (Å²) in [7, 11) is 0. The Morgan fingerprint density at radius 2 is 2.22 bits per heavy atom. The fraction of sp³-hybridized carbons (Fsp3) is 0.417. The van der Waals surface area contributed by atoms with Gasteiger partial charge in [-0.05, 0) is 47.0 Å². The van der Waals surface area contributed by atoms with Gasteiger partial charge in [0.25, 0.3) is 0 Å². The van der Waals surface area contributed by atoms with Crippen molar-refractivity contribution in [2.75, 3.05) is 0 Å². The molecule has 0 saturated heterocycles. The van der Waals surface area contributed by atoms with Gasteiger partial charge in [0.15, 0.2) is 5.96 Å². The number of rotatable bonds is 4. The molecule has 1 aromatic rings. The minimum atomic E-state index is -0.286. The lowest BCUT2D eigenvalue weighted by Gasteiger charge is -2.11. The standard InChI is InChI=1S/C12H17BrFN3.HI/c1-3-8(2)17-12(15)16-7-9-4-5-10(13)11(14)6-9;/h4-6,8H,3,7H2,1-2H3,(H3,15,16,17);1H. The first-order chi connectivity index (χ1) is 8.02. The first-order valence-electron chi connectivity index (χ1n) is 5.53. The second kappa shape index (κ2) is 8.68. The fourth-order valence-corrected chi connectivity index (χ4v) is 1.46. The van der Waals surface area contributed by atoms with Crippen molar-refractivity contribution >= 4 is 45.9 Å². The van der Waals surface area contributed by atoms with E-state index in [2.05, 4.69) is 33.2 Å². The molecule has 0 radical (unpaired) electrons. The van der Waals surface area contributed by atoms with E-state index >= 15 is 0 Å². The molecule has 1 aromatic carbocycles. The molecule has 0 aliphatic carbocycles. The summed E-state index contributed by atoms with van der Waals surface area (Å²) < 4.78 is 13.7. The van der Waals surface area contributed by atoms with Gasteiger partial charge in [-0.2, -0.15) is 0 Å². The molecule has 0 amide bonds. The molecule has 1 rings (SSSR count). The number of aliphatic imine (C=N–C) groups is 1. The van der Waals surface area contributed by atoms with Gasteiger partial charge in [0.2, 0.25) is 0 Å². The van der Waals surface area contributed by atoms with Crippen molar-refractivity contribution in [2.24, 2.45) is 10.7 Å². The first-order valence-corrected chi connectivity index (χ1v) is 6.32. The zero-order valence-corrected chi connectivity index (χ0v) is 14.3. The predicted molar refractivity (Wildman–Crippen MR) is 87.7 cm³/mol. The van der Waals surface area contributed by atoms with Crippen molar-refractivity contribution < 1.29 is 4.39 Å². The van der Waals surface area contributed by atoms with Gasteiger partial charge in [0.05, 0.1) is 11.0 Å². The highest BCUT2D eigenvalue weighted by Crippen LogP contribution is 2.16. The molecule has 0 aliphatic rings. The molecule has 0 heterocycles. The van der Waals surface area contributed by atoms with E-state index in [0.717, 1.165) is 12.0 Å². The number of nitrogens with two attached hydrogens (primary N) is 1. The van der Waals surface area contributed by atoms with Crippen LogP contribution in [-0.4, -0.2) is 12.0 Å². The number of hydrogen-bond acceptors (Lipinski definition) is 1. The molecule has 0 spiro atoms. The van der Waals surface area contributed by atoms with Crippen LogP contribution in [0.25, 0.3) is 0 Å². The first kappa shape index (κ1) is 17.6. The summed E-state index contributed by atoms with van der Waals surface area (Å²) in [6.45, 7) is 4.47. The van der Waals surface area contributed by atoms with Gasteiger partial charge >= 0.3 is 0 Å². The number of nitrogens with zero attached hydrogens (tertiary/aromatic N) is 1. The van der Waals surface area contributed by atoms with Crippen LogP contribution in [0.3, 0.4) is 0 Å². The number of hydrogen-bond donors (Lipinski definition) is 2. The van der Waals surface area contributed by atoms with Crippen LogP contribution >= 0.6 is 39.9 Å². The smallest absolute Gasteiger partial charge is 0.189 e. The molecular weight excluding hydrogens is 412 g/mol. The molecule has 3 nitrogen and oxygen atoms in total. The van der Waals surface area contributed by atoms with Crippen LogP contribution in [0.2, 0.25) is 0 Å². The Bertz CT molecular complexity index is 412. The largest absolute Gasteiger partial charge is 0.370 e. The van der Waals surface area contributed by atoms with Crippen molar-refractivity contribution in [3.8, 4) is 0 Å². The summed E-state index contributed by atoms with van der Waals surface area (Å²) in [5.74, 6) is 0.105. The van der Waals surface area contributed by atoms with Crippen LogP contribution in [0.15, 0.2) is 27.7 Å². The van der Waals surface area contributed by atoms with E-state index < -0.39 is 0 Å². The summed E-state index contributed by atoms with van der Waals surface area (Å²) in [6, 6.07) is 5.22. The molecular formula is C12H18BrFIN3. The maximum Gasteiger partial charge on any atom is 0.189 e. The Balaban J connectivity index is 0.00000289. The van der Waals surface area contributed by atoms with E-state index in [1.54, 1.807) is 6.07 Å². The predicted octanol–water partition coefficient (Wildman–Crippen LogP) is 3.41. The van der Waals surface area contributed by atoms with Crippen LogP contribution in [0.1, 0.15) is 25.8 Å². The summed E-state index contributed by atoms with van der Waals surface area (Å²) in [6.07, 6.45) is 0.975. The van der Waals surface area contributed by atoms with Crippen molar-refractivity contribution in [3.05, 3.63) is 34.1 Å². The van der Waals surface area contributed by atoms with Gasteiger partial charge in [-0.15, -0.1) is 24.0 Å². The van der Waals surface area contributed by atoms with E-state index in [1.165, 1.54) is 6.07 Å². The van der Waals surface area contributed by atoms with Gasteiger partial charge in [-0.3, -0.25) is 0 Å². The highest BCUT2D eigenvalue weighted by atomic mass is 127. The molecule has 0 saturated carbocycles. The Labute approximate surface area is 133 Å². The molecule has 0 aromatic heterocycles. The summed E-state index contributed by atoms with van der Waals surface area (Å²) in [5.41, 5.74) is 6.49. The number of guanidine groups is 1. The summed E-state index contributed by atoms with van der Waals surface area (Å²) >= 11 is 3.10. The van der Waals surface area contributed by atoms with E-state index in [9.17, 15) is 4.39 Å². The monoisotopic (exact) mass is 429 g/mol.